The van der Waals surface area contributed by atoms with Crippen LogP contribution in [-0.4, -0.2) is 36.7 Å². The van der Waals surface area contributed by atoms with Crippen molar-refractivity contribution in [3.8, 4) is 5.75 Å². The molecular weight excluding hydrogens is 248 g/mol. The molecule has 1 aromatic rings. The molecule has 0 spiro atoms. The predicted molar refractivity (Wildman–Crippen MR) is 82.0 cm³/mol. The van der Waals surface area contributed by atoms with Crippen LogP contribution in [0.4, 0.5) is 0 Å². The van der Waals surface area contributed by atoms with Gasteiger partial charge in [0.05, 0.1) is 0 Å². The standard InChI is InChI=1S/C17H26N2O/c1-19-9-7-13(8-10-19)12-18-17-4-2-3-14-11-15(20)5-6-16(14)17/h5-6,11,13,17-18,20H,2-4,7-10,12H2,1H3. The van der Waals surface area contributed by atoms with Crippen molar-refractivity contribution in [1.82, 2.24) is 10.2 Å². The molecule has 1 saturated heterocycles. The van der Waals surface area contributed by atoms with Gasteiger partial charge in [0, 0.05) is 6.04 Å². The van der Waals surface area contributed by atoms with Crippen LogP contribution in [0.2, 0.25) is 0 Å². The van der Waals surface area contributed by atoms with Gasteiger partial charge in [0.1, 0.15) is 5.75 Å². The molecule has 1 aliphatic heterocycles. The molecule has 2 aliphatic rings. The lowest BCUT2D eigenvalue weighted by atomic mass is 9.87. The van der Waals surface area contributed by atoms with E-state index in [0.717, 1.165) is 18.9 Å². The molecular formula is C17H26N2O. The lowest BCUT2D eigenvalue weighted by Crippen LogP contribution is -2.36. The van der Waals surface area contributed by atoms with Gasteiger partial charge < -0.3 is 15.3 Å². The Morgan fingerprint density at radius 2 is 2.05 bits per heavy atom. The Labute approximate surface area is 122 Å². The first-order valence-electron chi connectivity index (χ1n) is 7.96. The lowest BCUT2D eigenvalue weighted by molar-refractivity contribution is 0.211. The van der Waals surface area contributed by atoms with E-state index in [2.05, 4.69) is 23.3 Å². The number of likely N-dealkylation sites (tertiary alicyclic amines) is 1. The van der Waals surface area contributed by atoms with E-state index in [1.165, 1.54) is 49.9 Å². The van der Waals surface area contributed by atoms with Crippen LogP contribution >= 0.6 is 0 Å². The molecule has 0 bridgehead atoms. The maximum absolute atomic E-state index is 9.61. The van der Waals surface area contributed by atoms with E-state index in [9.17, 15) is 5.11 Å². The van der Waals surface area contributed by atoms with E-state index in [0.29, 0.717) is 11.8 Å². The first-order chi connectivity index (χ1) is 9.72. The zero-order valence-corrected chi connectivity index (χ0v) is 12.4. The van der Waals surface area contributed by atoms with Crippen LogP contribution in [0.1, 0.15) is 42.9 Å². The number of aromatic hydroxyl groups is 1. The van der Waals surface area contributed by atoms with E-state index in [1.54, 1.807) is 0 Å². The molecule has 0 radical (unpaired) electrons. The van der Waals surface area contributed by atoms with Crippen molar-refractivity contribution >= 4 is 0 Å². The molecule has 2 N–H and O–H groups in total. The molecule has 20 heavy (non-hydrogen) atoms. The molecule has 1 aromatic carbocycles. The summed E-state index contributed by atoms with van der Waals surface area (Å²) in [5, 5.41) is 13.4. The fourth-order valence-corrected chi connectivity index (χ4v) is 3.59. The van der Waals surface area contributed by atoms with Gasteiger partial charge in [0.2, 0.25) is 0 Å². The van der Waals surface area contributed by atoms with Crippen molar-refractivity contribution in [1.29, 1.82) is 0 Å². The minimum Gasteiger partial charge on any atom is -0.508 e. The number of benzene rings is 1. The number of rotatable bonds is 3. The van der Waals surface area contributed by atoms with Gasteiger partial charge in [-0.25, -0.2) is 0 Å². The second-order valence-electron chi connectivity index (χ2n) is 6.48. The highest BCUT2D eigenvalue weighted by Gasteiger charge is 2.22. The summed E-state index contributed by atoms with van der Waals surface area (Å²) in [4.78, 5) is 2.43. The largest absolute Gasteiger partial charge is 0.508 e. The summed E-state index contributed by atoms with van der Waals surface area (Å²) in [5.41, 5.74) is 2.74. The van der Waals surface area contributed by atoms with Crippen LogP contribution in [0.25, 0.3) is 0 Å². The monoisotopic (exact) mass is 274 g/mol. The smallest absolute Gasteiger partial charge is 0.115 e. The van der Waals surface area contributed by atoms with Crippen molar-refractivity contribution < 1.29 is 5.11 Å². The minimum absolute atomic E-state index is 0.403. The summed E-state index contributed by atoms with van der Waals surface area (Å²) in [7, 11) is 2.22. The Balaban J connectivity index is 1.59. The number of nitrogens with zero attached hydrogens (tertiary/aromatic N) is 1. The van der Waals surface area contributed by atoms with Crippen LogP contribution in [0.5, 0.6) is 5.75 Å². The third kappa shape index (κ3) is 3.15. The van der Waals surface area contributed by atoms with E-state index in [1.807, 2.05) is 12.1 Å². The zero-order valence-electron chi connectivity index (χ0n) is 12.4. The van der Waals surface area contributed by atoms with Crippen LogP contribution < -0.4 is 5.32 Å². The number of fused-ring (bicyclic) bond motifs is 1. The van der Waals surface area contributed by atoms with Crippen LogP contribution in [0.15, 0.2) is 18.2 Å². The SMILES string of the molecule is CN1CCC(CNC2CCCc3cc(O)ccc32)CC1. The summed E-state index contributed by atoms with van der Waals surface area (Å²) < 4.78 is 0. The minimum atomic E-state index is 0.403. The molecule has 0 aromatic heterocycles. The van der Waals surface area contributed by atoms with E-state index < -0.39 is 0 Å². The normalized spacial score (nSPS) is 24.6. The second kappa shape index (κ2) is 6.15. The van der Waals surface area contributed by atoms with E-state index in [-0.39, 0.29) is 0 Å². The Hall–Kier alpha value is -1.06. The molecule has 3 heteroatoms. The summed E-state index contributed by atoms with van der Waals surface area (Å²) in [5.74, 6) is 1.23. The Bertz CT molecular complexity index is 452. The van der Waals surface area contributed by atoms with Crippen LogP contribution in [0, 0.1) is 5.92 Å². The first kappa shape index (κ1) is 13.9. The number of hydrogen-bond donors (Lipinski definition) is 2. The molecule has 1 unspecified atom stereocenters. The highest BCUT2D eigenvalue weighted by molar-refractivity contribution is 5.38. The Morgan fingerprint density at radius 3 is 2.85 bits per heavy atom. The first-order valence-corrected chi connectivity index (χ1v) is 7.96. The quantitative estimate of drug-likeness (QED) is 0.889. The Kier molecular flexibility index (Phi) is 4.27. The number of nitrogens with one attached hydrogen (secondary N) is 1. The molecule has 1 fully saturated rings. The number of hydrogen-bond acceptors (Lipinski definition) is 3. The van der Waals surface area contributed by atoms with Crippen LogP contribution in [-0.2, 0) is 6.42 Å². The summed E-state index contributed by atoms with van der Waals surface area (Å²) in [6.07, 6.45) is 6.19. The van der Waals surface area contributed by atoms with Gasteiger partial charge >= 0.3 is 0 Å². The molecule has 1 aliphatic carbocycles. The molecule has 1 atom stereocenters. The van der Waals surface area contributed by atoms with Gasteiger partial charge in [-0.05, 0) is 88.0 Å². The van der Waals surface area contributed by atoms with Gasteiger partial charge in [0.15, 0.2) is 0 Å². The third-order valence-corrected chi connectivity index (χ3v) is 4.93. The van der Waals surface area contributed by atoms with Gasteiger partial charge in [0.25, 0.3) is 0 Å². The van der Waals surface area contributed by atoms with E-state index >= 15 is 0 Å². The Morgan fingerprint density at radius 1 is 1.25 bits per heavy atom. The molecule has 0 amide bonds. The average molecular weight is 274 g/mol. The fourth-order valence-electron chi connectivity index (χ4n) is 3.59. The van der Waals surface area contributed by atoms with Crippen molar-refractivity contribution in [2.75, 3.05) is 26.7 Å². The van der Waals surface area contributed by atoms with Gasteiger partial charge in [-0.3, -0.25) is 0 Å². The topological polar surface area (TPSA) is 35.5 Å². The number of aryl methyl sites for hydroxylation is 1. The van der Waals surface area contributed by atoms with Gasteiger partial charge in [-0.2, -0.15) is 0 Å². The summed E-state index contributed by atoms with van der Waals surface area (Å²) in [6, 6.07) is 6.36. The predicted octanol–water partition coefficient (Wildman–Crippen LogP) is 2.70. The second-order valence-corrected chi connectivity index (χ2v) is 6.48. The number of phenols is 1. The van der Waals surface area contributed by atoms with Gasteiger partial charge in [-0.15, -0.1) is 0 Å². The molecule has 110 valence electrons. The van der Waals surface area contributed by atoms with Crippen LogP contribution in [0.3, 0.4) is 0 Å². The molecule has 3 nitrogen and oxygen atoms in total. The molecule has 3 rings (SSSR count). The van der Waals surface area contributed by atoms with Crippen molar-refractivity contribution in [2.45, 2.75) is 38.1 Å². The number of piperidine rings is 1. The van der Waals surface area contributed by atoms with E-state index in [4.69, 9.17) is 0 Å². The maximum atomic E-state index is 9.61. The van der Waals surface area contributed by atoms with Crippen molar-refractivity contribution in [3.63, 3.8) is 0 Å². The average Bonchev–Trinajstić information content (AvgIpc) is 2.46. The van der Waals surface area contributed by atoms with Gasteiger partial charge in [-0.1, -0.05) is 6.07 Å². The fraction of sp³-hybridized carbons (Fsp3) is 0.647. The van der Waals surface area contributed by atoms with Crippen molar-refractivity contribution in [2.24, 2.45) is 5.92 Å². The zero-order chi connectivity index (χ0) is 13.9. The highest BCUT2D eigenvalue weighted by Crippen LogP contribution is 2.32. The third-order valence-electron chi connectivity index (χ3n) is 4.93. The summed E-state index contributed by atoms with van der Waals surface area (Å²) in [6.45, 7) is 3.61. The molecule has 0 saturated carbocycles. The molecule has 1 heterocycles. The highest BCUT2D eigenvalue weighted by atomic mass is 16.3. The lowest BCUT2D eigenvalue weighted by Gasteiger charge is -2.32. The summed E-state index contributed by atoms with van der Waals surface area (Å²) >= 11 is 0. The number of phenolic OH excluding ortho intramolecular Hbond substituents is 1. The van der Waals surface area contributed by atoms with Crippen molar-refractivity contribution in [3.05, 3.63) is 29.3 Å². The maximum Gasteiger partial charge on any atom is 0.115 e.